The molecule has 0 spiro atoms. The summed E-state index contributed by atoms with van der Waals surface area (Å²) in [5, 5.41) is 8.96. The summed E-state index contributed by atoms with van der Waals surface area (Å²) in [6.45, 7) is 9.03. The lowest BCUT2D eigenvalue weighted by atomic mass is 9.83. The van der Waals surface area contributed by atoms with Gasteiger partial charge >= 0.3 is 0 Å². The second kappa shape index (κ2) is 6.24. The molecule has 0 atom stereocenters. The summed E-state index contributed by atoms with van der Waals surface area (Å²) in [6, 6.07) is 4.44. The van der Waals surface area contributed by atoms with Crippen LogP contribution in [0.25, 0.3) is 0 Å². The molecule has 0 heterocycles. The van der Waals surface area contributed by atoms with Crippen LogP contribution in [0.2, 0.25) is 0 Å². The molecule has 0 bridgehead atoms. The van der Waals surface area contributed by atoms with Crippen molar-refractivity contribution in [3.8, 4) is 5.75 Å². The summed E-state index contributed by atoms with van der Waals surface area (Å²) in [6.07, 6.45) is 2.72. The van der Waals surface area contributed by atoms with E-state index in [0.29, 0.717) is 0 Å². The molecule has 0 unspecified atom stereocenters. The predicted molar refractivity (Wildman–Crippen MR) is 76.5 cm³/mol. The van der Waals surface area contributed by atoms with Crippen LogP contribution in [0.3, 0.4) is 0 Å². The fourth-order valence-corrected chi connectivity index (χ4v) is 2.24. The van der Waals surface area contributed by atoms with E-state index in [1.807, 2.05) is 0 Å². The predicted octanol–water partition coefficient (Wildman–Crippen LogP) is 3.48. The lowest BCUT2D eigenvalue weighted by Gasteiger charge is -2.25. The minimum atomic E-state index is 0.0739. The zero-order valence-corrected chi connectivity index (χ0v) is 12.3. The van der Waals surface area contributed by atoms with E-state index < -0.39 is 0 Å². The van der Waals surface area contributed by atoms with Crippen LogP contribution >= 0.6 is 0 Å². The molecule has 0 saturated heterocycles. The highest BCUT2D eigenvalue weighted by Gasteiger charge is 2.21. The fourth-order valence-electron chi connectivity index (χ4n) is 2.24. The molecule has 1 rings (SSSR count). The molecular weight excluding hydrogens is 224 g/mol. The smallest absolute Gasteiger partial charge is 0.125 e. The first-order valence-corrected chi connectivity index (χ1v) is 6.75. The van der Waals surface area contributed by atoms with Crippen LogP contribution in [-0.4, -0.2) is 18.8 Å². The van der Waals surface area contributed by atoms with Crippen molar-refractivity contribution in [1.29, 1.82) is 0 Å². The summed E-state index contributed by atoms with van der Waals surface area (Å²) in [5.41, 5.74) is 3.89. The fraction of sp³-hybridized carbons (Fsp3) is 0.625. The Bertz CT molecular complexity index is 389. The van der Waals surface area contributed by atoms with Crippen molar-refractivity contribution in [1.82, 2.24) is 0 Å². The topological polar surface area (TPSA) is 29.5 Å². The molecule has 0 amide bonds. The number of hydrogen-bond donors (Lipinski definition) is 1. The van der Waals surface area contributed by atoms with Gasteiger partial charge in [-0.15, -0.1) is 0 Å². The molecule has 0 aliphatic rings. The maximum atomic E-state index is 8.96. The van der Waals surface area contributed by atoms with Crippen LogP contribution in [0.15, 0.2) is 12.1 Å². The van der Waals surface area contributed by atoms with E-state index in [9.17, 15) is 0 Å². The first kappa shape index (κ1) is 15.0. The number of aryl methyl sites for hydroxylation is 2. The number of rotatable bonds is 5. The largest absolute Gasteiger partial charge is 0.496 e. The Balaban J connectivity index is 3.27. The summed E-state index contributed by atoms with van der Waals surface area (Å²) >= 11 is 0. The van der Waals surface area contributed by atoms with Gasteiger partial charge in [0.25, 0.3) is 0 Å². The summed E-state index contributed by atoms with van der Waals surface area (Å²) in [7, 11) is 1.75. The van der Waals surface area contributed by atoms with Gasteiger partial charge in [0.2, 0.25) is 0 Å². The van der Waals surface area contributed by atoms with Crippen LogP contribution in [0.5, 0.6) is 5.75 Å². The molecule has 0 aromatic heterocycles. The summed E-state index contributed by atoms with van der Waals surface area (Å²) < 4.78 is 5.60. The SMILES string of the molecule is CCc1cc(CCCO)cc(C(C)(C)C)c1OC. The van der Waals surface area contributed by atoms with Gasteiger partial charge in [0, 0.05) is 12.2 Å². The van der Waals surface area contributed by atoms with E-state index in [1.54, 1.807) is 7.11 Å². The summed E-state index contributed by atoms with van der Waals surface area (Å²) in [5.74, 6) is 1.03. The molecule has 0 fully saturated rings. The van der Waals surface area contributed by atoms with Crippen LogP contribution < -0.4 is 4.74 Å². The molecule has 1 aromatic carbocycles. The normalized spacial score (nSPS) is 11.7. The Morgan fingerprint density at radius 2 is 1.89 bits per heavy atom. The molecule has 0 aliphatic heterocycles. The van der Waals surface area contributed by atoms with Gasteiger partial charge < -0.3 is 9.84 Å². The molecule has 1 aromatic rings. The van der Waals surface area contributed by atoms with Crippen LogP contribution in [0.1, 0.15) is 50.8 Å². The maximum Gasteiger partial charge on any atom is 0.125 e. The van der Waals surface area contributed by atoms with Gasteiger partial charge in [0.1, 0.15) is 5.75 Å². The quantitative estimate of drug-likeness (QED) is 0.867. The van der Waals surface area contributed by atoms with Crippen LogP contribution in [0.4, 0.5) is 0 Å². The number of ether oxygens (including phenoxy) is 1. The van der Waals surface area contributed by atoms with Gasteiger partial charge in [-0.2, -0.15) is 0 Å². The molecular formula is C16H26O2. The number of benzene rings is 1. The second-order valence-corrected chi connectivity index (χ2v) is 5.77. The van der Waals surface area contributed by atoms with Crippen molar-refractivity contribution in [2.45, 2.75) is 52.4 Å². The molecule has 0 saturated carbocycles. The van der Waals surface area contributed by atoms with Gasteiger partial charge in [-0.05, 0) is 35.8 Å². The molecule has 1 N–H and O–H groups in total. The van der Waals surface area contributed by atoms with E-state index in [2.05, 4.69) is 39.8 Å². The van der Waals surface area contributed by atoms with E-state index in [4.69, 9.17) is 9.84 Å². The minimum absolute atomic E-state index is 0.0739. The first-order valence-electron chi connectivity index (χ1n) is 6.75. The van der Waals surface area contributed by atoms with Gasteiger partial charge in [-0.25, -0.2) is 0 Å². The third kappa shape index (κ3) is 3.49. The molecule has 2 nitrogen and oxygen atoms in total. The van der Waals surface area contributed by atoms with Crippen molar-refractivity contribution in [3.05, 3.63) is 28.8 Å². The average molecular weight is 250 g/mol. The molecule has 2 heteroatoms. The molecule has 0 radical (unpaired) electrons. The zero-order chi connectivity index (χ0) is 13.8. The zero-order valence-electron chi connectivity index (χ0n) is 12.3. The lowest BCUT2D eigenvalue weighted by molar-refractivity contribution is 0.288. The van der Waals surface area contributed by atoms with Crippen molar-refractivity contribution in [2.75, 3.05) is 13.7 Å². The third-order valence-electron chi connectivity index (χ3n) is 3.24. The number of hydrogen-bond acceptors (Lipinski definition) is 2. The molecule has 0 aliphatic carbocycles. The maximum absolute atomic E-state index is 8.96. The van der Waals surface area contributed by atoms with Gasteiger partial charge in [0.15, 0.2) is 0 Å². The second-order valence-electron chi connectivity index (χ2n) is 5.77. The van der Waals surface area contributed by atoms with E-state index in [0.717, 1.165) is 25.0 Å². The summed E-state index contributed by atoms with van der Waals surface area (Å²) in [4.78, 5) is 0. The highest BCUT2D eigenvalue weighted by molar-refractivity contribution is 5.48. The highest BCUT2D eigenvalue weighted by atomic mass is 16.5. The van der Waals surface area contributed by atoms with Crippen molar-refractivity contribution >= 4 is 0 Å². The van der Waals surface area contributed by atoms with Gasteiger partial charge in [-0.1, -0.05) is 39.8 Å². The standard InChI is InChI=1S/C16H26O2/c1-6-13-10-12(8-7-9-17)11-14(15(13)18-5)16(2,3)4/h10-11,17H,6-9H2,1-5H3. The Labute approximate surface area is 111 Å². The Hall–Kier alpha value is -1.02. The first-order chi connectivity index (χ1) is 8.43. The molecule has 102 valence electrons. The van der Waals surface area contributed by atoms with E-state index >= 15 is 0 Å². The molecule has 18 heavy (non-hydrogen) atoms. The Morgan fingerprint density at radius 3 is 2.33 bits per heavy atom. The van der Waals surface area contributed by atoms with E-state index in [-0.39, 0.29) is 12.0 Å². The third-order valence-corrected chi connectivity index (χ3v) is 3.24. The highest BCUT2D eigenvalue weighted by Crippen LogP contribution is 2.35. The van der Waals surface area contributed by atoms with Gasteiger partial charge in [0.05, 0.1) is 7.11 Å². The Morgan fingerprint density at radius 1 is 1.22 bits per heavy atom. The van der Waals surface area contributed by atoms with Crippen molar-refractivity contribution in [3.63, 3.8) is 0 Å². The van der Waals surface area contributed by atoms with Crippen LogP contribution in [0, 0.1) is 0 Å². The van der Waals surface area contributed by atoms with Crippen molar-refractivity contribution < 1.29 is 9.84 Å². The number of methoxy groups -OCH3 is 1. The minimum Gasteiger partial charge on any atom is -0.496 e. The average Bonchev–Trinajstić information content (AvgIpc) is 2.33. The monoisotopic (exact) mass is 250 g/mol. The van der Waals surface area contributed by atoms with E-state index in [1.165, 1.54) is 16.7 Å². The number of aliphatic hydroxyl groups is 1. The lowest BCUT2D eigenvalue weighted by Crippen LogP contribution is -2.15. The van der Waals surface area contributed by atoms with Gasteiger partial charge in [-0.3, -0.25) is 0 Å². The van der Waals surface area contributed by atoms with Crippen LogP contribution in [-0.2, 0) is 18.3 Å². The number of aliphatic hydroxyl groups excluding tert-OH is 1. The van der Waals surface area contributed by atoms with Crippen molar-refractivity contribution in [2.24, 2.45) is 0 Å². The Kier molecular flexibility index (Phi) is 5.21.